The SMILES string of the molecule is C[C]1[C](C)[C](C)[C](C)[C]1C.O=S(=O)(O)C(F)(F)F.[Ir].[c-]1ccccc1P(c1ccccc1)c1ccccc1. The molecule has 3 aromatic rings. The summed E-state index contributed by atoms with van der Waals surface area (Å²) in [6.45, 7) is 11.0. The van der Waals surface area contributed by atoms with Gasteiger partial charge in [-0.25, -0.2) is 0 Å². The van der Waals surface area contributed by atoms with Crippen molar-refractivity contribution in [1.82, 2.24) is 0 Å². The molecular weight excluding hydrogens is 709 g/mol. The van der Waals surface area contributed by atoms with E-state index in [1.165, 1.54) is 45.5 Å². The van der Waals surface area contributed by atoms with Gasteiger partial charge in [-0.1, -0.05) is 95.3 Å². The molecule has 4 rings (SSSR count). The predicted octanol–water partition coefficient (Wildman–Crippen LogP) is 6.61. The normalized spacial score (nSPS) is 15.7. The Kier molecular flexibility index (Phi) is 13.9. The third-order valence-electron chi connectivity index (χ3n) is 6.07. The molecule has 1 N–H and O–H groups in total. The van der Waals surface area contributed by atoms with E-state index < -0.39 is 23.5 Å². The molecule has 0 atom stereocenters. The summed E-state index contributed by atoms with van der Waals surface area (Å²) < 4.78 is 57.5. The van der Waals surface area contributed by atoms with Crippen LogP contribution in [0.4, 0.5) is 13.2 Å². The molecule has 0 amide bonds. The van der Waals surface area contributed by atoms with Crippen LogP contribution in [-0.2, 0) is 30.2 Å². The molecule has 0 bridgehead atoms. The topological polar surface area (TPSA) is 54.4 Å². The number of hydrogen-bond acceptors (Lipinski definition) is 2. The zero-order chi connectivity index (χ0) is 27.8. The molecular formula is C29H30F3IrO3PS-. The summed E-state index contributed by atoms with van der Waals surface area (Å²) in [6.07, 6.45) is 0. The monoisotopic (exact) mass is 739 g/mol. The van der Waals surface area contributed by atoms with Gasteiger partial charge in [-0.3, -0.25) is 4.55 Å². The van der Waals surface area contributed by atoms with Gasteiger partial charge in [-0.2, -0.15) is 51.9 Å². The van der Waals surface area contributed by atoms with E-state index in [1.807, 2.05) is 12.1 Å². The number of rotatable bonds is 3. The fourth-order valence-electron chi connectivity index (χ4n) is 3.51. The Bertz CT molecular complexity index is 1040. The van der Waals surface area contributed by atoms with E-state index in [1.54, 1.807) is 0 Å². The molecule has 1 saturated carbocycles. The van der Waals surface area contributed by atoms with E-state index >= 15 is 0 Å². The Labute approximate surface area is 240 Å². The number of benzene rings is 3. The third-order valence-corrected chi connectivity index (χ3v) is 9.04. The molecule has 0 saturated heterocycles. The van der Waals surface area contributed by atoms with Gasteiger partial charge in [0.05, 0.1) is 0 Å². The fourth-order valence-corrected chi connectivity index (χ4v) is 5.74. The van der Waals surface area contributed by atoms with E-state index in [9.17, 15) is 13.2 Å². The van der Waals surface area contributed by atoms with Gasteiger partial charge >= 0.3 is 15.6 Å². The standard InChI is InChI=1S/C18H14P.C10H15.CHF3O3S.Ir/c1-4-10-16(11-5-1)19(17-12-6-2-7-13-17)18-14-8-3-9-15-18;1-6-7(2)9(4)10(5)8(6)3;2-1(3,4)8(5,6)7;/h1-14H;1-5H3;(H,5,6,7);/q-1;;;. The van der Waals surface area contributed by atoms with Crippen LogP contribution in [0, 0.1) is 35.7 Å². The smallest absolute Gasteiger partial charge is 0.279 e. The van der Waals surface area contributed by atoms with Crippen LogP contribution < -0.4 is 15.9 Å². The van der Waals surface area contributed by atoms with E-state index in [-0.39, 0.29) is 20.1 Å². The van der Waals surface area contributed by atoms with Crippen molar-refractivity contribution in [1.29, 1.82) is 0 Å². The van der Waals surface area contributed by atoms with Crippen LogP contribution in [0.3, 0.4) is 0 Å². The second-order valence-corrected chi connectivity index (χ2v) is 11.9. The van der Waals surface area contributed by atoms with Crippen molar-refractivity contribution in [2.45, 2.75) is 40.1 Å². The molecule has 1 fully saturated rings. The average Bonchev–Trinajstić information content (AvgIpc) is 3.03. The van der Waals surface area contributed by atoms with Crippen molar-refractivity contribution in [2.75, 3.05) is 0 Å². The van der Waals surface area contributed by atoms with E-state index in [4.69, 9.17) is 13.0 Å². The first-order chi connectivity index (χ1) is 17.3. The van der Waals surface area contributed by atoms with Crippen molar-refractivity contribution in [3.8, 4) is 0 Å². The molecule has 0 spiro atoms. The first-order valence-corrected chi connectivity index (χ1v) is 14.1. The Morgan fingerprint density at radius 2 is 0.974 bits per heavy atom. The molecule has 3 aromatic carbocycles. The van der Waals surface area contributed by atoms with Gasteiger partial charge in [-0.15, -0.1) is 5.30 Å². The van der Waals surface area contributed by atoms with Crippen molar-refractivity contribution < 1.29 is 46.2 Å². The molecule has 0 aliphatic heterocycles. The zero-order valence-electron chi connectivity index (χ0n) is 21.7. The fraction of sp³-hybridized carbons (Fsp3) is 0.207. The maximum absolute atomic E-state index is 10.7. The summed E-state index contributed by atoms with van der Waals surface area (Å²) in [5.74, 6) is 7.34. The quantitative estimate of drug-likeness (QED) is 0.143. The zero-order valence-corrected chi connectivity index (χ0v) is 25.8. The largest absolute Gasteiger partial charge is 0.522 e. The van der Waals surface area contributed by atoms with Gasteiger partial charge < -0.3 is 0 Å². The second kappa shape index (κ2) is 15.3. The van der Waals surface area contributed by atoms with Crippen molar-refractivity contribution in [3.05, 3.63) is 121 Å². The van der Waals surface area contributed by atoms with E-state index in [2.05, 4.69) is 113 Å². The molecule has 206 valence electrons. The van der Waals surface area contributed by atoms with Gasteiger partial charge in [0.15, 0.2) is 0 Å². The molecule has 6 radical (unpaired) electrons. The third kappa shape index (κ3) is 9.57. The molecule has 1 aliphatic carbocycles. The molecule has 0 aromatic heterocycles. The minimum absolute atomic E-state index is 0. The first-order valence-electron chi connectivity index (χ1n) is 11.4. The molecule has 9 heteroatoms. The number of alkyl halides is 3. The average molecular weight is 739 g/mol. The summed E-state index contributed by atoms with van der Waals surface area (Å²) >= 11 is 0. The van der Waals surface area contributed by atoms with Crippen molar-refractivity contribution in [3.63, 3.8) is 0 Å². The van der Waals surface area contributed by atoms with Crippen molar-refractivity contribution >= 4 is 34.0 Å². The van der Waals surface area contributed by atoms with Gasteiger partial charge in [0.1, 0.15) is 0 Å². The maximum atomic E-state index is 10.7. The Hall–Kier alpha value is -1.56. The summed E-state index contributed by atoms with van der Waals surface area (Å²) in [4.78, 5) is 0. The minimum atomic E-state index is -5.84. The Morgan fingerprint density at radius 1 is 0.658 bits per heavy atom. The molecule has 0 unspecified atom stereocenters. The van der Waals surface area contributed by atoms with E-state index in [0.29, 0.717) is 0 Å². The van der Waals surface area contributed by atoms with Crippen LogP contribution in [0.5, 0.6) is 0 Å². The summed E-state index contributed by atoms with van der Waals surface area (Å²) in [7, 11) is -6.34. The second-order valence-electron chi connectivity index (χ2n) is 8.30. The van der Waals surface area contributed by atoms with Crippen molar-refractivity contribution in [2.24, 2.45) is 0 Å². The first kappa shape index (κ1) is 34.5. The van der Waals surface area contributed by atoms with Gasteiger partial charge in [0, 0.05) is 20.1 Å². The molecule has 3 nitrogen and oxygen atoms in total. The van der Waals surface area contributed by atoms with Crippen LogP contribution in [0.15, 0.2) is 84.9 Å². The summed E-state index contributed by atoms with van der Waals surface area (Å²) in [6, 6.07) is 33.1. The molecule has 38 heavy (non-hydrogen) atoms. The van der Waals surface area contributed by atoms with Crippen LogP contribution in [-0.4, -0.2) is 18.5 Å². The summed E-state index contributed by atoms with van der Waals surface area (Å²) in [5, 5.41) is 4.01. The maximum Gasteiger partial charge on any atom is 0.522 e. The van der Waals surface area contributed by atoms with Gasteiger partial charge in [-0.05, 0) is 48.1 Å². The molecule has 0 heterocycles. The van der Waals surface area contributed by atoms with Crippen LogP contribution in [0.25, 0.3) is 0 Å². The number of hydrogen-bond donors (Lipinski definition) is 1. The van der Waals surface area contributed by atoms with Crippen LogP contribution >= 0.6 is 7.92 Å². The van der Waals surface area contributed by atoms with E-state index in [0.717, 1.165) is 0 Å². The molecule has 1 aliphatic rings. The Morgan fingerprint density at radius 3 is 1.24 bits per heavy atom. The predicted molar refractivity (Wildman–Crippen MR) is 146 cm³/mol. The Balaban J connectivity index is 0.000000322. The van der Waals surface area contributed by atoms with Crippen LogP contribution in [0.2, 0.25) is 0 Å². The number of halogens is 3. The van der Waals surface area contributed by atoms with Gasteiger partial charge in [0.2, 0.25) is 0 Å². The van der Waals surface area contributed by atoms with Crippen LogP contribution in [0.1, 0.15) is 34.6 Å². The minimum Gasteiger partial charge on any atom is -0.279 e. The summed E-state index contributed by atoms with van der Waals surface area (Å²) in [5.41, 5.74) is -5.53. The van der Waals surface area contributed by atoms with Gasteiger partial charge in [0.25, 0.3) is 0 Å².